The van der Waals surface area contributed by atoms with Gasteiger partial charge in [0.2, 0.25) is 11.8 Å². The predicted molar refractivity (Wildman–Crippen MR) is 137 cm³/mol. The largest absolute Gasteiger partial charge is 0.467 e. The molecular formula is C28H35FN4O6. The van der Waals surface area contributed by atoms with Gasteiger partial charge in [-0.15, -0.1) is 0 Å². The molecule has 3 heterocycles. The van der Waals surface area contributed by atoms with Gasteiger partial charge in [0.25, 0.3) is 0 Å². The standard InChI is InChI=1S/C28H35FN4O6/c1-38-26(36)28-13-18(28)9-5-3-2-4-6-11-22(30)25(35)33-15-19(12-23(33)24(34)31-28)39-27(37)32-14-17-8-7-10-21(29)20(17)16-32/h5,7-10,18-19,22-23H,2-4,6,11-16,30H2,1H3,(H,31,34)/t18-,19-,22+,23+,28-/m1/s1. The Bertz CT molecular complexity index is 1190. The number of amides is 3. The van der Waals surface area contributed by atoms with Crippen molar-refractivity contribution in [2.24, 2.45) is 11.7 Å². The molecule has 0 bridgehead atoms. The van der Waals surface area contributed by atoms with E-state index in [0.29, 0.717) is 24.0 Å². The van der Waals surface area contributed by atoms with E-state index in [-0.39, 0.29) is 37.8 Å². The highest BCUT2D eigenvalue weighted by Crippen LogP contribution is 2.46. The molecule has 3 N–H and O–H groups in total. The van der Waals surface area contributed by atoms with E-state index in [1.165, 1.54) is 23.0 Å². The van der Waals surface area contributed by atoms with Gasteiger partial charge < -0.3 is 25.4 Å². The molecule has 4 aliphatic rings. The molecule has 39 heavy (non-hydrogen) atoms. The molecule has 1 aromatic carbocycles. The van der Waals surface area contributed by atoms with Crippen molar-refractivity contribution in [1.29, 1.82) is 0 Å². The van der Waals surface area contributed by atoms with Gasteiger partial charge in [-0.1, -0.05) is 37.1 Å². The molecule has 1 aliphatic carbocycles. The average molecular weight is 543 g/mol. The Kier molecular flexibility index (Phi) is 7.61. The van der Waals surface area contributed by atoms with Crippen LogP contribution in [0.15, 0.2) is 30.4 Å². The molecule has 2 fully saturated rings. The summed E-state index contributed by atoms with van der Waals surface area (Å²) in [4.78, 5) is 55.3. The van der Waals surface area contributed by atoms with Crippen LogP contribution in [0.4, 0.5) is 9.18 Å². The van der Waals surface area contributed by atoms with Crippen molar-refractivity contribution in [2.45, 2.75) is 81.8 Å². The third-order valence-electron chi connectivity index (χ3n) is 8.28. The first kappa shape index (κ1) is 27.1. The SMILES string of the molecule is COC(=O)[C@@]12C[C@H]1C=CCCCCC[C@H](N)C(=O)N1C[C@H](OC(=O)N3Cc4cccc(F)c4C3)C[C@H]1C(=O)N2. The number of ether oxygens (including phenoxy) is 2. The molecule has 0 radical (unpaired) electrons. The summed E-state index contributed by atoms with van der Waals surface area (Å²) in [5.41, 5.74) is 6.23. The molecule has 10 nitrogen and oxygen atoms in total. The Balaban J connectivity index is 1.32. The number of esters is 1. The number of carbonyl (C=O) groups is 4. The summed E-state index contributed by atoms with van der Waals surface area (Å²) in [6, 6.07) is 2.95. The molecule has 3 aliphatic heterocycles. The zero-order valence-electron chi connectivity index (χ0n) is 22.1. The highest BCUT2D eigenvalue weighted by Gasteiger charge is 2.62. The van der Waals surface area contributed by atoms with Crippen LogP contribution in [-0.4, -0.2) is 71.1 Å². The maximum atomic E-state index is 14.2. The van der Waals surface area contributed by atoms with Crippen molar-refractivity contribution in [2.75, 3.05) is 13.7 Å². The Hall–Kier alpha value is -3.47. The summed E-state index contributed by atoms with van der Waals surface area (Å²) in [5.74, 6) is -2.01. The first-order valence-electron chi connectivity index (χ1n) is 13.6. The van der Waals surface area contributed by atoms with Gasteiger partial charge >= 0.3 is 12.1 Å². The molecule has 1 aromatic rings. The molecule has 210 valence electrons. The summed E-state index contributed by atoms with van der Waals surface area (Å²) in [6.45, 7) is 0.300. The third kappa shape index (κ3) is 5.36. The van der Waals surface area contributed by atoms with E-state index in [1.54, 1.807) is 12.1 Å². The number of fused-ring (bicyclic) bond motifs is 3. The number of rotatable bonds is 2. The lowest BCUT2D eigenvalue weighted by atomic mass is 10.1. The van der Waals surface area contributed by atoms with Crippen LogP contribution < -0.4 is 11.1 Å². The van der Waals surface area contributed by atoms with E-state index in [0.717, 1.165) is 25.7 Å². The van der Waals surface area contributed by atoms with Gasteiger partial charge in [0.1, 0.15) is 23.5 Å². The van der Waals surface area contributed by atoms with Crippen LogP contribution in [-0.2, 0) is 36.9 Å². The molecule has 5 atom stereocenters. The van der Waals surface area contributed by atoms with E-state index < -0.39 is 47.6 Å². The lowest BCUT2D eigenvalue weighted by molar-refractivity contribution is -0.148. The summed E-state index contributed by atoms with van der Waals surface area (Å²) < 4.78 is 24.9. The van der Waals surface area contributed by atoms with Crippen LogP contribution in [0.1, 0.15) is 56.1 Å². The molecular weight excluding hydrogens is 507 g/mol. The zero-order chi connectivity index (χ0) is 27.7. The second-order valence-corrected chi connectivity index (χ2v) is 10.9. The smallest absolute Gasteiger partial charge is 0.410 e. The number of methoxy groups -OCH3 is 1. The van der Waals surface area contributed by atoms with Gasteiger partial charge in [-0.2, -0.15) is 0 Å². The molecule has 5 rings (SSSR count). The predicted octanol–water partition coefficient (Wildman–Crippen LogP) is 2.14. The van der Waals surface area contributed by atoms with Crippen LogP contribution >= 0.6 is 0 Å². The molecule has 1 saturated carbocycles. The minimum absolute atomic E-state index is 0.0000646. The van der Waals surface area contributed by atoms with Crippen molar-refractivity contribution in [3.05, 3.63) is 47.3 Å². The lowest BCUT2D eigenvalue weighted by Gasteiger charge is -2.28. The number of halogens is 1. The second kappa shape index (κ2) is 11.0. The van der Waals surface area contributed by atoms with Crippen molar-refractivity contribution in [3.63, 3.8) is 0 Å². The fraction of sp³-hybridized carbons (Fsp3) is 0.571. The van der Waals surface area contributed by atoms with Crippen LogP contribution in [0.2, 0.25) is 0 Å². The zero-order valence-corrected chi connectivity index (χ0v) is 22.1. The van der Waals surface area contributed by atoms with Crippen molar-refractivity contribution < 1.29 is 33.0 Å². The van der Waals surface area contributed by atoms with Crippen LogP contribution in [0.3, 0.4) is 0 Å². The first-order valence-corrected chi connectivity index (χ1v) is 13.6. The van der Waals surface area contributed by atoms with E-state index in [2.05, 4.69) is 5.32 Å². The monoisotopic (exact) mass is 542 g/mol. The quantitative estimate of drug-likeness (QED) is 0.432. The van der Waals surface area contributed by atoms with Crippen LogP contribution in [0, 0.1) is 11.7 Å². The Morgan fingerprint density at radius 1 is 1.18 bits per heavy atom. The summed E-state index contributed by atoms with van der Waals surface area (Å²) in [7, 11) is 1.28. The second-order valence-electron chi connectivity index (χ2n) is 10.9. The Labute approximate surface area is 226 Å². The van der Waals surface area contributed by atoms with Crippen molar-refractivity contribution in [3.8, 4) is 0 Å². The molecule has 11 heteroatoms. The summed E-state index contributed by atoms with van der Waals surface area (Å²) in [6.07, 6.45) is 6.93. The van der Waals surface area contributed by atoms with Gasteiger partial charge in [-0.25, -0.2) is 14.0 Å². The maximum Gasteiger partial charge on any atom is 0.410 e. The molecule has 3 amide bonds. The van der Waals surface area contributed by atoms with Crippen molar-refractivity contribution >= 4 is 23.9 Å². The van der Waals surface area contributed by atoms with Gasteiger partial charge in [0, 0.05) is 24.4 Å². The number of hydrogen-bond acceptors (Lipinski definition) is 7. The average Bonchev–Trinajstić information content (AvgIpc) is 3.24. The molecule has 1 saturated heterocycles. The van der Waals surface area contributed by atoms with Crippen molar-refractivity contribution in [1.82, 2.24) is 15.1 Å². The molecule has 0 unspecified atom stereocenters. The van der Waals surface area contributed by atoms with Gasteiger partial charge in [-0.05, 0) is 37.3 Å². The highest BCUT2D eigenvalue weighted by molar-refractivity contribution is 5.96. The summed E-state index contributed by atoms with van der Waals surface area (Å²) >= 11 is 0. The fourth-order valence-electron chi connectivity index (χ4n) is 5.94. The fourth-order valence-corrected chi connectivity index (χ4v) is 5.94. The topological polar surface area (TPSA) is 131 Å². The number of allylic oxidation sites excluding steroid dienone is 1. The summed E-state index contributed by atoms with van der Waals surface area (Å²) in [5, 5.41) is 2.85. The lowest BCUT2D eigenvalue weighted by Crippen LogP contribution is -2.55. The van der Waals surface area contributed by atoms with Crippen LogP contribution in [0.25, 0.3) is 0 Å². The minimum Gasteiger partial charge on any atom is -0.467 e. The number of hydrogen-bond donors (Lipinski definition) is 2. The normalized spacial score (nSPS) is 30.8. The highest BCUT2D eigenvalue weighted by atomic mass is 19.1. The number of nitrogens with two attached hydrogens (primary N) is 1. The first-order chi connectivity index (χ1) is 18.7. The maximum absolute atomic E-state index is 14.2. The molecule has 0 aromatic heterocycles. The number of nitrogens with one attached hydrogen (secondary N) is 1. The van der Waals surface area contributed by atoms with Gasteiger partial charge in [0.05, 0.1) is 26.2 Å². The number of carbonyl (C=O) groups excluding carboxylic acids is 4. The van der Waals surface area contributed by atoms with Gasteiger partial charge in [0.15, 0.2) is 0 Å². The molecule has 0 spiro atoms. The minimum atomic E-state index is -1.18. The Morgan fingerprint density at radius 3 is 2.77 bits per heavy atom. The number of nitrogens with zero attached hydrogens (tertiary/aromatic N) is 2. The van der Waals surface area contributed by atoms with E-state index in [9.17, 15) is 23.6 Å². The third-order valence-corrected chi connectivity index (χ3v) is 8.28. The van der Waals surface area contributed by atoms with E-state index in [1.807, 2.05) is 12.2 Å². The van der Waals surface area contributed by atoms with E-state index in [4.69, 9.17) is 15.2 Å². The van der Waals surface area contributed by atoms with Crippen LogP contribution in [0.5, 0.6) is 0 Å². The Morgan fingerprint density at radius 2 is 2.00 bits per heavy atom. The van der Waals surface area contributed by atoms with E-state index >= 15 is 0 Å². The number of benzene rings is 1. The van der Waals surface area contributed by atoms with Gasteiger partial charge in [-0.3, -0.25) is 14.5 Å².